The molecule has 1 aromatic heterocycles. The molecule has 0 aliphatic carbocycles. The molecule has 0 saturated carbocycles. The molecule has 36 heavy (non-hydrogen) atoms. The van der Waals surface area contributed by atoms with Crippen LogP contribution < -0.4 is 24.4 Å². The fourth-order valence-electron chi connectivity index (χ4n) is 4.75. The molecule has 6 rings (SSSR count). The second-order valence-corrected chi connectivity index (χ2v) is 8.52. The van der Waals surface area contributed by atoms with Crippen LogP contribution in [0.5, 0.6) is 34.5 Å². The summed E-state index contributed by atoms with van der Waals surface area (Å²) in [5, 5.41) is 20.3. The Balaban J connectivity index is 1.58. The van der Waals surface area contributed by atoms with Gasteiger partial charge in [-0.05, 0) is 35.4 Å². The summed E-state index contributed by atoms with van der Waals surface area (Å²) < 4.78 is 28.3. The van der Waals surface area contributed by atoms with Gasteiger partial charge in [-0.1, -0.05) is 12.1 Å². The number of phenolic OH excluding ortho intramolecular Hbond substituents is 2. The molecular formula is C27H20O9. The first kappa shape index (κ1) is 21.8. The third kappa shape index (κ3) is 3.39. The lowest BCUT2D eigenvalue weighted by molar-refractivity contribution is -0.135. The third-order valence-corrected chi connectivity index (χ3v) is 6.40. The van der Waals surface area contributed by atoms with Gasteiger partial charge in [0.05, 0.1) is 19.1 Å². The van der Waals surface area contributed by atoms with Crippen LogP contribution in [0.25, 0.3) is 22.1 Å². The Labute approximate surface area is 204 Å². The number of carbonyl (C=O) groups excluding carboxylic acids is 1. The zero-order valence-electron chi connectivity index (χ0n) is 19.1. The van der Waals surface area contributed by atoms with Crippen LogP contribution in [-0.4, -0.2) is 36.5 Å². The number of hydrogen-bond acceptors (Lipinski definition) is 9. The molecule has 0 spiro atoms. The van der Waals surface area contributed by atoms with Crippen molar-refractivity contribution in [3.8, 4) is 45.6 Å². The van der Waals surface area contributed by atoms with Gasteiger partial charge < -0.3 is 33.6 Å². The molecule has 182 valence electrons. The van der Waals surface area contributed by atoms with Crippen molar-refractivity contribution in [1.29, 1.82) is 0 Å². The summed E-state index contributed by atoms with van der Waals surface area (Å²) in [5.74, 6) is 0.131. The van der Waals surface area contributed by atoms with E-state index in [-0.39, 0.29) is 40.2 Å². The highest BCUT2D eigenvalue weighted by Crippen LogP contribution is 2.49. The largest absolute Gasteiger partial charge is 0.508 e. The summed E-state index contributed by atoms with van der Waals surface area (Å²) in [7, 11) is 1.51. The lowest BCUT2D eigenvalue weighted by Gasteiger charge is -2.28. The molecule has 0 amide bonds. The summed E-state index contributed by atoms with van der Waals surface area (Å²) in [5.41, 5.74) is 1.51. The highest BCUT2D eigenvalue weighted by atomic mass is 16.6. The van der Waals surface area contributed by atoms with Gasteiger partial charge in [0.25, 0.3) is 0 Å². The first-order valence-electron chi connectivity index (χ1n) is 11.2. The Kier molecular flexibility index (Phi) is 4.99. The minimum atomic E-state index is -0.572. The summed E-state index contributed by atoms with van der Waals surface area (Å²) in [6.07, 6.45) is 1.27. The van der Waals surface area contributed by atoms with Gasteiger partial charge in [-0.2, -0.15) is 0 Å². The van der Waals surface area contributed by atoms with Crippen molar-refractivity contribution in [2.24, 2.45) is 0 Å². The van der Waals surface area contributed by atoms with Crippen LogP contribution in [0.1, 0.15) is 23.5 Å². The molecule has 2 N–H and O–H groups in total. The predicted octanol–water partition coefficient (Wildman–Crippen LogP) is 4.09. The molecular weight excluding hydrogens is 468 g/mol. The Bertz CT molecular complexity index is 1570. The number of phenols is 2. The minimum Gasteiger partial charge on any atom is -0.508 e. The van der Waals surface area contributed by atoms with Crippen LogP contribution in [0, 0.1) is 0 Å². The molecule has 0 fully saturated rings. The Hall–Kier alpha value is -4.66. The molecule has 0 saturated heterocycles. The number of esters is 1. The van der Waals surface area contributed by atoms with Gasteiger partial charge in [-0.25, -0.2) is 0 Å². The molecule has 2 aliphatic heterocycles. The highest BCUT2D eigenvalue weighted by molar-refractivity contribution is 5.94. The van der Waals surface area contributed by atoms with E-state index in [1.54, 1.807) is 24.3 Å². The van der Waals surface area contributed by atoms with Crippen molar-refractivity contribution >= 4 is 16.9 Å². The monoisotopic (exact) mass is 488 g/mol. The van der Waals surface area contributed by atoms with Crippen molar-refractivity contribution in [2.45, 2.75) is 12.3 Å². The Morgan fingerprint density at radius 2 is 1.75 bits per heavy atom. The number of aromatic hydroxyl groups is 2. The number of benzene rings is 3. The highest BCUT2D eigenvalue weighted by Gasteiger charge is 2.35. The maximum atomic E-state index is 13.5. The first-order valence-corrected chi connectivity index (χ1v) is 11.2. The molecule has 1 unspecified atom stereocenters. The number of rotatable bonds is 3. The quantitative estimate of drug-likeness (QED) is 0.324. The molecule has 0 bridgehead atoms. The number of ether oxygens (including phenoxy) is 4. The molecule has 2 aliphatic rings. The van der Waals surface area contributed by atoms with Crippen molar-refractivity contribution in [2.75, 3.05) is 20.3 Å². The van der Waals surface area contributed by atoms with Gasteiger partial charge in [0, 0.05) is 17.5 Å². The zero-order chi connectivity index (χ0) is 25.0. The molecule has 3 heterocycles. The third-order valence-electron chi connectivity index (χ3n) is 6.40. The normalized spacial score (nSPS) is 16.4. The van der Waals surface area contributed by atoms with E-state index >= 15 is 0 Å². The Morgan fingerprint density at radius 1 is 0.972 bits per heavy atom. The van der Waals surface area contributed by atoms with E-state index in [2.05, 4.69) is 0 Å². The number of hydrogen-bond donors (Lipinski definition) is 2. The lowest BCUT2D eigenvalue weighted by atomic mass is 9.84. The standard InChI is InChI=1S/C27H20O9/c1-32-20-8-14(9-21-26(20)34-7-6-33-21)16-10-22(30)36-19-11-18(29)24-25(31)17(12-35-27(24)23(16)19)13-2-4-15(28)5-3-13/h2-5,8-9,11-12,16,28-29H,6-7,10H2,1H3. The summed E-state index contributed by atoms with van der Waals surface area (Å²) in [4.78, 5) is 26.0. The van der Waals surface area contributed by atoms with E-state index in [0.717, 1.165) is 0 Å². The SMILES string of the molecule is COc1cc(C2CC(=O)Oc3cc(O)c4c(=O)c(-c5ccc(O)cc5)coc4c32)cc2c1OCCO2. The van der Waals surface area contributed by atoms with E-state index in [0.29, 0.717) is 47.2 Å². The fraction of sp³-hybridized carbons (Fsp3) is 0.185. The molecule has 4 aromatic rings. The summed E-state index contributed by atoms with van der Waals surface area (Å²) in [6.45, 7) is 0.758. The van der Waals surface area contributed by atoms with E-state index in [9.17, 15) is 19.8 Å². The van der Waals surface area contributed by atoms with Crippen molar-refractivity contribution in [1.82, 2.24) is 0 Å². The number of methoxy groups -OCH3 is 1. The number of carbonyl (C=O) groups is 1. The van der Waals surface area contributed by atoms with Crippen LogP contribution in [0.3, 0.4) is 0 Å². The van der Waals surface area contributed by atoms with Gasteiger partial charge in [0.2, 0.25) is 11.2 Å². The lowest BCUT2D eigenvalue weighted by Crippen LogP contribution is -2.22. The predicted molar refractivity (Wildman–Crippen MR) is 127 cm³/mol. The van der Waals surface area contributed by atoms with Gasteiger partial charge in [0.15, 0.2) is 11.5 Å². The Morgan fingerprint density at radius 3 is 2.53 bits per heavy atom. The minimum absolute atomic E-state index is 0.0287. The summed E-state index contributed by atoms with van der Waals surface area (Å²) in [6, 6.07) is 10.8. The van der Waals surface area contributed by atoms with Gasteiger partial charge in [0.1, 0.15) is 47.7 Å². The molecule has 1 atom stereocenters. The maximum absolute atomic E-state index is 13.5. The van der Waals surface area contributed by atoms with Crippen LogP contribution in [-0.2, 0) is 4.79 Å². The van der Waals surface area contributed by atoms with E-state index < -0.39 is 17.3 Å². The van der Waals surface area contributed by atoms with Gasteiger partial charge in [-0.15, -0.1) is 0 Å². The second kappa shape index (κ2) is 8.23. The van der Waals surface area contributed by atoms with Crippen LogP contribution in [0.15, 0.2) is 57.9 Å². The van der Waals surface area contributed by atoms with Crippen LogP contribution in [0.4, 0.5) is 0 Å². The van der Waals surface area contributed by atoms with Crippen molar-refractivity contribution < 1.29 is 38.4 Å². The first-order chi connectivity index (χ1) is 17.4. The van der Waals surface area contributed by atoms with Crippen molar-refractivity contribution in [3.63, 3.8) is 0 Å². The van der Waals surface area contributed by atoms with Crippen molar-refractivity contribution in [3.05, 3.63) is 70.1 Å². The number of fused-ring (bicyclic) bond motifs is 4. The van der Waals surface area contributed by atoms with E-state index in [1.165, 1.54) is 31.6 Å². The van der Waals surface area contributed by atoms with Crippen LogP contribution >= 0.6 is 0 Å². The zero-order valence-corrected chi connectivity index (χ0v) is 19.1. The smallest absolute Gasteiger partial charge is 0.312 e. The average Bonchev–Trinajstić information content (AvgIpc) is 2.88. The van der Waals surface area contributed by atoms with E-state index in [1.807, 2.05) is 0 Å². The molecule has 0 radical (unpaired) electrons. The molecule has 9 heteroatoms. The molecule has 9 nitrogen and oxygen atoms in total. The topological polar surface area (TPSA) is 125 Å². The van der Waals surface area contributed by atoms with E-state index in [4.69, 9.17) is 23.4 Å². The van der Waals surface area contributed by atoms with Gasteiger partial charge in [-0.3, -0.25) is 9.59 Å². The average molecular weight is 488 g/mol. The van der Waals surface area contributed by atoms with Crippen LogP contribution in [0.2, 0.25) is 0 Å². The fourth-order valence-corrected chi connectivity index (χ4v) is 4.75. The maximum Gasteiger partial charge on any atom is 0.312 e. The summed E-state index contributed by atoms with van der Waals surface area (Å²) >= 11 is 0. The molecule has 3 aromatic carbocycles. The second-order valence-electron chi connectivity index (χ2n) is 8.52. The van der Waals surface area contributed by atoms with Gasteiger partial charge >= 0.3 is 5.97 Å².